The summed E-state index contributed by atoms with van der Waals surface area (Å²) >= 11 is 31.3. The Labute approximate surface area is 123 Å². The maximum atomic E-state index is 11.0. The molecule has 0 atom stereocenters. The summed E-state index contributed by atoms with van der Waals surface area (Å²) < 4.78 is 4.65. The molecule has 0 fully saturated rings. The van der Waals surface area contributed by atoms with Gasteiger partial charge in [-0.3, -0.25) is 0 Å². The molecule has 0 aromatic carbocycles. The van der Waals surface area contributed by atoms with E-state index in [9.17, 15) is 9.59 Å². The van der Waals surface area contributed by atoms with Gasteiger partial charge < -0.3 is 8.85 Å². The van der Waals surface area contributed by atoms with E-state index in [4.69, 9.17) is 69.6 Å². The van der Waals surface area contributed by atoms with Gasteiger partial charge in [0.1, 0.15) is 0 Å². The van der Waals surface area contributed by atoms with Gasteiger partial charge in [0.25, 0.3) is 7.59 Å². The van der Waals surface area contributed by atoms with Crippen LogP contribution in [0.4, 0.5) is 0 Å². The molecular weight excluding hydrogens is 365 g/mol. The summed E-state index contributed by atoms with van der Waals surface area (Å²) in [4.78, 5) is 22.1. The van der Waals surface area contributed by atoms with Crippen molar-refractivity contribution in [2.75, 3.05) is 0 Å². The lowest BCUT2D eigenvalue weighted by atomic mass is 10.8. The molecule has 0 bridgehead atoms. The average Bonchev–Trinajstić information content (AvgIpc) is 1.99. The van der Waals surface area contributed by atoms with Crippen molar-refractivity contribution >= 4 is 90.8 Å². The summed E-state index contributed by atoms with van der Waals surface area (Å²) in [6.45, 7) is 1.32. The molecule has 0 saturated heterocycles. The predicted molar refractivity (Wildman–Crippen MR) is 65.8 cm³/mol. The lowest BCUT2D eigenvalue weighted by Gasteiger charge is -2.18. The molecule has 0 spiro atoms. The van der Waals surface area contributed by atoms with Gasteiger partial charge in [0, 0.05) is 0 Å². The molecule has 94 valence electrons. The molecule has 0 rings (SSSR count). The first kappa shape index (κ1) is 16.9. The highest BCUT2D eigenvalue weighted by Gasteiger charge is 2.38. The zero-order valence-electron chi connectivity index (χ0n) is 7.48. The lowest BCUT2D eigenvalue weighted by molar-refractivity contribution is -0.139. The van der Waals surface area contributed by atoms with Crippen molar-refractivity contribution in [1.29, 1.82) is 0 Å². The largest absolute Gasteiger partial charge is 0.484 e. The Morgan fingerprint density at radius 1 is 0.875 bits per heavy atom. The Kier molecular flexibility index (Phi) is 6.52. The Hall–Kier alpha value is 0.897. The van der Waals surface area contributed by atoms with Gasteiger partial charge in [-0.05, 0) is 6.55 Å². The van der Waals surface area contributed by atoms with Crippen LogP contribution >= 0.6 is 69.6 Å². The van der Waals surface area contributed by atoms with Crippen LogP contribution in [0.1, 0.15) is 0 Å². The zero-order chi connectivity index (χ0) is 13.1. The van der Waals surface area contributed by atoms with Crippen molar-refractivity contribution in [2.45, 2.75) is 14.1 Å². The third kappa shape index (κ3) is 6.59. The van der Waals surface area contributed by atoms with Crippen LogP contribution in [0.2, 0.25) is 6.55 Å². The van der Waals surface area contributed by atoms with Gasteiger partial charge in [0.2, 0.25) is 0 Å². The second kappa shape index (κ2) is 6.18. The van der Waals surface area contributed by atoms with E-state index in [0.717, 1.165) is 0 Å². The number of halogens is 6. The number of hydrogen-bond donors (Lipinski definition) is 0. The summed E-state index contributed by atoms with van der Waals surface area (Å²) in [5.74, 6) is -2.32. The monoisotopic (exact) mass is 366 g/mol. The highest BCUT2D eigenvalue weighted by molar-refractivity contribution is 6.77. The molecule has 0 aromatic rings. The summed E-state index contributed by atoms with van der Waals surface area (Å²) in [7, 11) is -2.72. The van der Waals surface area contributed by atoms with E-state index in [0.29, 0.717) is 0 Å². The second-order valence-corrected chi connectivity index (χ2v) is 8.54. The summed E-state index contributed by atoms with van der Waals surface area (Å²) in [5.41, 5.74) is 0. The van der Waals surface area contributed by atoms with Gasteiger partial charge in [-0.15, -0.1) is 0 Å². The summed E-state index contributed by atoms with van der Waals surface area (Å²) in [5, 5.41) is 0. The van der Waals surface area contributed by atoms with Crippen molar-refractivity contribution in [1.82, 2.24) is 0 Å². The number of hydrogen-bond acceptors (Lipinski definition) is 4. The molecular formula is C5H4Cl6O4Si. The maximum Gasteiger partial charge on any atom is 0.445 e. The van der Waals surface area contributed by atoms with E-state index in [2.05, 4.69) is 8.85 Å². The Bertz CT molecular complexity index is 256. The van der Waals surface area contributed by atoms with Gasteiger partial charge >= 0.3 is 21.2 Å². The molecule has 11 heteroatoms. The molecule has 0 radical (unpaired) electrons. The van der Waals surface area contributed by atoms with Crippen LogP contribution in [0.25, 0.3) is 0 Å². The van der Waals surface area contributed by atoms with E-state index < -0.39 is 28.8 Å². The average molecular weight is 369 g/mol. The number of carbonyl (C=O) groups is 2. The molecule has 0 aromatic heterocycles. The van der Waals surface area contributed by atoms with E-state index in [1.54, 1.807) is 0 Å². The fourth-order valence-corrected chi connectivity index (χ4v) is 2.18. The summed E-state index contributed by atoms with van der Waals surface area (Å²) in [6, 6.07) is 0. The molecule has 0 amide bonds. The fourth-order valence-electron chi connectivity index (χ4n) is 0.459. The van der Waals surface area contributed by atoms with Gasteiger partial charge in [0.15, 0.2) is 0 Å². The zero-order valence-corrected chi connectivity index (χ0v) is 13.2. The molecule has 0 saturated carbocycles. The number of carbonyl (C=O) groups excluding carboxylic acids is 2. The first-order chi connectivity index (χ1) is 6.94. The molecule has 0 aliphatic rings. The van der Waals surface area contributed by atoms with Crippen molar-refractivity contribution in [2.24, 2.45) is 0 Å². The Morgan fingerprint density at radius 2 is 1.12 bits per heavy atom. The highest BCUT2D eigenvalue weighted by atomic mass is 35.6. The van der Waals surface area contributed by atoms with Gasteiger partial charge in [0.05, 0.1) is 0 Å². The molecule has 0 unspecified atom stereocenters. The van der Waals surface area contributed by atoms with Crippen molar-refractivity contribution < 1.29 is 18.4 Å². The normalized spacial score (nSPS) is 12.5. The minimum absolute atomic E-state index is 1.16. The quantitative estimate of drug-likeness (QED) is 0.555. The predicted octanol–water partition coefficient (Wildman–Crippen LogP) is 2.66. The van der Waals surface area contributed by atoms with Gasteiger partial charge in [-0.2, -0.15) is 0 Å². The molecule has 4 nitrogen and oxygen atoms in total. The van der Waals surface area contributed by atoms with E-state index in [1.165, 1.54) is 6.55 Å². The van der Waals surface area contributed by atoms with E-state index in [-0.39, 0.29) is 0 Å². The minimum Gasteiger partial charge on any atom is -0.484 e. The molecule has 0 N–H and O–H groups in total. The standard InChI is InChI=1S/C5H4Cl6O4Si/c1-16(14-2(12)4(6,7)8)15-3(13)5(9,10)11/h16H,1H3. The topological polar surface area (TPSA) is 52.6 Å². The maximum absolute atomic E-state index is 11.0. The highest BCUT2D eigenvalue weighted by Crippen LogP contribution is 2.29. The van der Waals surface area contributed by atoms with Crippen LogP contribution < -0.4 is 0 Å². The fraction of sp³-hybridized carbons (Fsp3) is 0.600. The Balaban J connectivity index is 4.26. The van der Waals surface area contributed by atoms with E-state index >= 15 is 0 Å². The van der Waals surface area contributed by atoms with Crippen LogP contribution in [-0.4, -0.2) is 28.8 Å². The van der Waals surface area contributed by atoms with Crippen LogP contribution in [0.3, 0.4) is 0 Å². The van der Waals surface area contributed by atoms with Crippen LogP contribution in [0, 0.1) is 0 Å². The minimum atomic E-state index is -2.72. The first-order valence-electron chi connectivity index (χ1n) is 3.50. The smallest absolute Gasteiger partial charge is 0.445 e. The third-order valence-corrected chi connectivity index (χ3v) is 3.03. The van der Waals surface area contributed by atoms with Gasteiger partial charge in [-0.25, -0.2) is 9.59 Å². The summed E-state index contributed by atoms with van der Waals surface area (Å²) in [6.07, 6.45) is 0. The molecule has 0 aliphatic heterocycles. The van der Waals surface area contributed by atoms with Crippen LogP contribution in [-0.2, 0) is 18.4 Å². The van der Waals surface area contributed by atoms with Crippen molar-refractivity contribution in [3.05, 3.63) is 0 Å². The number of alkyl halides is 6. The Morgan fingerprint density at radius 3 is 1.31 bits per heavy atom. The molecule has 0 heterocycles. The SMILES string of the molecule is C[SiH](OC(=O)C(Cl)(Cl)Cl)OC(=O)C(Cl)(Cl)Cl. The first-order valence-corrected chi connectivity index (χ1v) is 7.86. The lowest BCUT2D eigenvalue weighted by Crippen LogP contribution is -2.35. The molecule has 0 aliphatic carbocycles. The van der Waals surface area contributed by atoms with Crippen LogP contribution in [0.15, 0.2) is 0 Å². The molecule has 16 heavy (non-hydrogen) atoms. The van der Waals surface area contributed by atoms with Crippen molar-refractivity contribution in [3.63, 3.8) is 0 Å². The van der Waals surface area contributed by atoms with E-state index in [1.807, 2.05) is 0 Å². The van der Waals surface area contributed by atoms with Gasteiger partial charge in [-0.1, -0.05) is 69.6 Å². The van der Waals surface area contributed by atoms with Crippen LogP contribution in [0.5, 0.6) is 0 Å². The third-order valence-electron chi connectivity index (χ3n) is 1.01. The second-order valence-electron chi connectivity index (χ2n) is 2.37. The number of rotatable bonds is 2. The van der Waals surface area contributed by atoms with Crippen molar-refractivity contribution in [3.8, 4) is 0 Å².